The topological polar surface area (TPSA) is 26.0 Å². The van der Waals surface area contributed by atoms with Crippen LogP contribution in [0.1, 0.15) is 32.6 Å². The standard InChI is InChI=1S/C7H14N/c1-6-2-4-7(8)5-3-6/h6H,2-5,8H2,1H3. The molecule has 0 aromatic heterocycles. The van der Waals surface area contributed by atoms with E-state index < -0.39 is 0 Å². The van der Waals surface area contributed by atoms with Crippen molar-refractivity contribution >= 4 is 0 Å². The molecule has 0 atom stereocenters. The molecule has 1 saturated carbocycles. The predicted octanol–water partition coefficient (Wildman–Crippen LogP) is 1.69. The van der Waals surface area contributed by atoms with Crippen LogP contribution in [-0.2, 0) is 0 Å². The molecule has 0 aromatic rings. The molecule has 1 aliphatic rings. The lowest BCUT2D eigenvalue weighted by atomic mass is 9.88. The summed E-state index contributed by atoms with van der Waals surface area (Å²) in [7, 11) is 0. The van der Waals surface area contributed by atoms with E-state index >= 15 is 0 Å². The molecular weight excluding hydrogens is 98.1 g/mol. The maximum atomic E-state index is 5.61. The lowest BCUT2D eigenvalue weighted by Gasteiger charge is -2.21. The van der Waals surface area contributed by atoms with Crippen LogP contribution in [0.5, 0.6) is 0 Å². The maximum Gasteiger partial charge on any atom is 0.0337 e. The minimum absolute atomic E-state index is 0.919. The average Bonchev–Trinajstić information content (AvgIpc) is 1.77. The first kappa shape index (κ1) is 6.09. The minimum Gasteiger partial charge on any atom is -0.324 e. The molecule has 0 aromatic carbocycles. The van der Waals surface area contributed by atoms with Gasteiger partial charge in [-0.2, -0.15) is 0 Å². The summed E-state index contributed by atoms with van der Waals surface area (Å²) in [6, 6.07) is 1.21. The fourth-order valence-electron chi connectivity index (χ4n) is 1.13. The fraction of sp³-hybridized carbons (Fsp3) is 0.857. The molecule has 0 saturated heterocycles. The zero-order valence-corrected chi connectivity index (χ0v) is 5.48. The van der Waals surface area contributed by atoms with E-state index in [0.717, 1.165) is 5.92 Å². The highest BCUT2D eigenvalue weighted by atomic mass is 14.6. The van der Waals surface area contributed by atoms with E-state index in [0.29, 0.717) is 0 Å². The third-order valence-corrected chi connectivity index (χ3v) is 1.92. The Hall–Kier alpha value is -0.0400. The molecule has 1 radical (unpaired) electrons. The van der Waals surface area contributed by atoms with Crippen LogP contribution in [0.15, 0.2) is 0 Å². The molecule has 0 amide bonds. The van der Waals surface area contributed by atoms with Crippen molar-refractivity contribution in [1.82, 2.24) is 0 Å². The Labute approximate surface area is 51.3 Å². The summed E-state index contributed by atoms with van der Waals surface area (Å²) < 4.78 is 0. The van der Waals surface area contributed by atoms with Gasteiger partial charge in [0.25, 0.3) is 0 Å². The van der Waals surface area contributed by atoms with E-state index in [1.54, 1.807) is 0 Å². The van der Waals surface area contributed by atoms with Crippen LogP contribution >= 0.6 is 0 Å². The Kier molecular flexibility index (Phi) is 1.90. The first-order valence-electron chi connectivity index (χ1n) is 3.39. The quantitative estimate of drug-likeness (QED) is 0.507. The van der Waals surface area contributed by atoms with Crippen molar-refractivity contribution in [3.8, 4) is 0 Å². The van der Waals surface area contributed by atoms with E-state index in [2.05, 4.69) is 6.92 Å². The lowest BCUT2D eigenvalue weighted by molar-refractivity contribution is 0.404. The molecule has 1 fully saturated rings. The van der Waals surface area contributed by atoms with Gasteiger partial charge >= 0.3 is 0 Å². The molecule has 0 aliphatic heterocycles. The molecule has 0 heterocycles. The van der Waals surface area contributed by atoms with Gasteiger partial charge in [-0.25, -0.2) is 0 Å². The Balaban J connectivity index is 2.19. The zero-order chi connectivity index (χ0) is 5.98. The summed E-state index contributed by atoms with van der Waals surface area (Å²) >= 11 is 0. The third kappa shape index (κ3) is 1.48. The first-order chi connectivity index (χ1) is 3.79. The molecule has 47 valence electrons. The van der Waals surface area contributed by atoms with Gasteiger partial charge in [-0.1, -0.05) is 6.92 Å². The van der Waals surface area contributed by atoms with E-state index in [1.165, 1.54) is 31.7 Å². The zero-order valence-electron chi connectivity index (χ0n) is 5.48. The number of hydrogen-bond donors (Lipinski definition) is 1. The monoisotopic (exact) mass is 112 g/mol. The normalized spacial score (nSPS) is 26.2. The van der Waals surface area contributed by atoms with Gasteiger partial charge in [-0.3, -0.25) is 0 Å². The van der Waals surface area contributed by atoms with Crippen LogP contribution < -0.4 is 5.73 Å². The van der Waals surface area contributed by atoms with E-state index in [-0.39, 0.29) is 0 Å². The summed E-state index contributed by atoms with van der Waals surface area (Å²) in [5.74, 6) is 0.919. The van der Waals surface area contributed by atoms with Gasteiger partial charge in [0.05, 0.1) is 0 Å². The molecule has 1 aliphatic carbocycles. The number of hydrogen-bond acceptors (Lipinski definition) is 1. The summed E-state index contributed by atoms with van der Waals surface area (Å²) in [6.45, 7) is 2.30. The smallest absolute Gasteiger partial charge is 0.0337 e. The largest absolute Gasteiger partial charge is 0.324 e. The molecule has 0 spiro atoms. The SMILES string of the molecule is CC1CC[C](N)CC1. The highest BCUT2D eigenvalue weighted by Crippen LogP contribution is 2.25. The van der Waals surface area contributed by atoms with E-state index in [1.807, 2.05) is 0 Å². The van der Waals surface area contributed by atoms with Gasteiger partial charge in [0.15, 0.2) is 0 Å². The summed E-state index contributed by atoms with van der Waals surface area (Å²) in [4.78, 5) is 0. The second-order valence-electron chi connectivity index (χ2n) is 2.84. The van der Waals surface area contributed by atoms with Crippen molar-refractivity contribution in [3.63, 3.8) is 0 Å². The second kappa shape index (κ2) is 2.49. The van der Waals surface area contributed by atoms with Crippen LogP contribution in [0, 0.1) is 12.0 Å². The lowest BCUT2D eigenvalue weighted by Crippen LogP contribution is -2.17. The summed E-state index contributed by atoms with van der Waals surface area (Å²) in [5, 5.41) is 0. The Morgan fingerprint density at radius 3 is 2.25 bits per heavy atom. The van der Waals surface area contributed by atoms with Gasteiger partial charge in [0.1, 0.15) is 0 Å². The molecule has 1 nitrogen and oxygen atoms in total. The van der Waals surface area contributed by atoms with Crippen LogP contribution in [0.2, 0.25) is 0 Å². The predicted molar refractivity (Wildman–Crippen MR) is 35.1 cm³/mol. The number of nitrogens with two attached hydrogens (primary N) is 1. The first-order valence-corrected chi connectivity index (χ1v) is 3.39. The van der Waals surface area contributed by atoms with Gasteiger partial charge in [-0.15, -0.1) is 0 Å². The average molecular weight is 112 g/mol. The van der Waals surface area contributed by atoms with Crippen LogP contribution in [0.3, 0.4) is 0 Å². The number of rotatable bonds is 0. The molecular formula is C7H14N. The second-order valence-corrected chi connectivity index (χ2v) is 2.84. The van der Waals surface area contributed by atoms with Crippen molar-refractivity contribution in [2.75, 3.05) is 0 Å². The highest BCUT2D eigenvalue weighted by Gasteiger charge is 2.14. The van der Waals surface area contributed by atoms with Crippen molar-refractivity contribution in [1.29, 1.82) is 0 Å². The third-order valence-electron chi connectivity index (χ3n) is 1.92. The van der Waals surface area contributed by atoms with Crippen LogP contribution in [0.4, 0.5) is 0 Å². The molecule has 0 unspecified atom stereocenters. The Bertz CT molecular complexity index is 52.8. The minimum atomic E-state index is 0.919. The van der Waals surface area contributed by atoms with Gasteiger partial charge in [-0.05, 0) is 31.6 Å². The maximum absolute atomic E-state index is 5.61. The highest BCUT2D eigenvalue weighted by molar-refractivity contribution is 4.86. The molecule has 0 bridgehead atoms. The molecule has 1 rings (SSSR count). The van der Waals surface area contributed by atoms with Crippen molar-refractivity contribution < 1.29 is 0 Å². The van der Waals surface area contributed by atoms with Crippen molar-refractivity contribution in [2.45, 2.75) is 32.6 Å². The van der Waals surface area contributed by atoms with Crippen LogP contribution in [-0.4, -0.2) is 0 Å². The van der Waals surface area contributed by atoms with Gasteiger partial charge in [0.2, 0.25) is 0 Å². The molecule has 2 N–H and O–H groups in total. The van der Waals surface area contributed by atoms with Gasteiger partial charge < -0.3 is 5.73 Å². The van der Waals surface area contributed by atoms with Crippen molar-refractivity contribution in [3.05, 3.63) is 6.04 Å². The van der Waals surface area contributed by atoms with Crippen LogP contribution in [0.25, 0.3) is 0 Å². The van der Waals surface area contributed by atoms with Crippen molar-refractivity contribution in [2.24, 2.45) is 11.7 Å². The molecule has 8 heavy (non-hydrogen) atoms. The Morgan fingerprint density at radius 2 is 1.88 bits per heavy atom. The van der Waals surface area contributed by atoms with E-state index in [4.69, 9.17) is 5.73 Å². The van der Waals surface area contributed by atoms with Gasteiger partial charge in [0, 0.05) is 6.04 Å². The summed E-state index contributed by atoms with van der Waals surface area (Å²) in [6.07, 6.45) is 4.96. The Morgan fingerprint density at radius 1 is 1.38 bits per heavy atom. The fourth-order valence-corrected chi connectivity index (χ4v) is 1.13. The summed E-state index contributed by atoms with van der Waals surface area (Å²) in [5.41, 5.74) is 5.61. The van der Waals surface area contributed by atoms with E-state index in [9.17, 15) is 0 Å². The molecule has 1 heteroatoms.